The van der Waals surface area contributed by atoms with E-state index in [1.807, 2.05) is 24.3 Å². The second-order valence-electron chi connectivity index (χ2n) is 6.88. The Labute approximate surface area is 147 Å². The highest BCUT2D eigenvalue weighted by molar-refractivity contribution is 5.81. The summed E-state index contributed by atoms with van der Waals surface area (Å²) >= 11 is 0. The fourth-order valence-electron chi connectivity index (χ4n) is 3.31. The fraction of sp³-hybridized carbons (Fsp3) is 0.579. The Kier molecular flexibility index (Phi) is 4.99. The molecule has 1 aromatic heterocycles. The number of ether oxygens (including phenoxy) is 2. The second kappa shape index (κ2) is 7.54. The molecule has 1 aromatic carbocycles. The van der Waals surface area contributed by atoms with Crippen LogP contribution >= 0.6 is 0 Å². The van der Waals surface area contributed by atoms with Gasteiger partial charge >= 0.3 is 0 Å². The van der Waals surface area contributed by atoms with Crippen LogP contribution in [0.2, 0.25) is 0 Å². The highest BCUT2D eigenvalue weighted by Gasteiger charge is 2.30. The molecule has 1 saturated heterocycles. The van der Waals surface area contributed by atoms with E-state index in [9.17, 15) is 4.79 Å². The molecule has 1 atom stereocenters. The first-order valence-corrected chi connectivity index (χ1v) is 9.22. The van der Waals surface area contributed by atoms with E-state index < -0.39 is 0 Å². The zero-order chi connectivity index (χ0) is 17.1. The standard InChI is InChI=1S/C19H25N3O3/c23-18(20-9-3-10-25-15-8-11-24-13-15)12-22-17-5-2-1-4-16(17)21-19(22)14-6-7-14/h1-2,4-5,14-15H,3,6-13H2,(H,20,23). The number of hydrogen-bond acceptors (Lipinski definition) is 4. The molecule has 2 aromatic rings. The van der Waals surface area contributed by atoms with E-state index in [0.717, 1.165) is 36.3 Å². The molecule has 0 bridgehead atoms. The molecule has 0 spiro atoms. The van der Waals surface area contributed by atoms with Gasteiger partial charge in [-0.05, 0) is 37.8 Å². The first kappa shape index (κ1) is 16.5. The third-order valence-corrected chi connectivity index (χ3v) is 4.81. The van der Waals surface area contributed by atoms with Crippen molar-refractivity contribution in [2.24, 2.45) is 0 Å². The van der Waals surface area contributed by atoms with E-state index in [1.165, 1.54) is 12.8 Å². The predicted octanol–water partition coefficient (Wildman–Crippen LogP) is 2.23. The molecule has 1 aliphatic carbocycles. The summed E-state index contributed by atoms with van der Waals surface area (Å²) < 4.78 is 13.1. The number of aromatic nitrogens is 2. The minimum atomic E-state index is 0.0363. The Morgan fingerprint density at radius 2 is 2.20 bits per heavy atom. The highest BCUT2D eigenvalue weighted by atomic mass is 16.5. The van der Waals surface area contributed by atoms with Crippen LogP contribution < -0.4 is 5.32 Å². The van der Waals surface area contributed by atoms with Crippen LogP contribution in [-0.2, 0) is 20.8 Å². The van der Waals surface area contributed by atoms with E-state index in [4.69, 9.17) is 14.5 Å². The molecule has 1 amide bonds. The van der Waals surface area contributed by atoms with Gasteiger partial charge < -0.3 is 19.4 Å². The van der Waals surface area contributed by atoms with Crippen molar-refractivity contribution in [1.29, 1.82) is 0 Å². The SMILES string of the molecule is O=C(Cn1c(C2CC2)nc2ccccc21)NCCCOC1CCOC1. The van der Waals surface area contributed by atoms with Gasteiger partial charge in [-0.1, -0.05) is 12.1 Å². The maximum Gasteiger partial charge on any atom is 0.240 e. The normalized spacial score (nSPS) is 20.2. The van der Waals surface area contributed by atoms with Crippen LogP contribution in [0, 0.1) is 0 Å². The Morgan fingerprint density at radius 3 is 3.00 bits per heavy atom. The Balaban J connectivity index is 1.28. The van der Waals surface area contributed by atoms with Crippen molar-refractivity contribution < 1.29 is 14.3 Å². The van der Waals surface area contributed by atoms with Crippen molar-refractivity contribution in [3.05, 3.63) is 30.1 Å². The number of hydrogen-bond donors (Lipinski definition) is 1. The summed E-state index contributed by atoms with van der Waals surface area (Å²) in [5.41, 5.74) is 2.02. The first-order valence-electron chi connectivity index (χ1n) is 9.22. The van der Waals surface area contributed by atoms with Crippen LogP contribution in [0.1, 0.15) is 37.4 Å². The smallest absolute Gasteiger partial charge is 0.240 e. The van der Waals surface area contributed by atoms with Gasteiger partial charge in [0.15, 0.2) is 0 Å². The molecule has 1 saturated carbocycles. The van der Waals surface area contributed by atoms with Gasteiger partial charge in [0.25, 0.3) is 0 Å². The molecule has 6 nitrogen and oxygen atoms in total. The molecular weight excluding hydrogens is 318 g/mol. The number of benzene rings is 1. The Bertz CT molecular complexity index is 733. The number of rotatable bonds is 8. The van der Waals surface area contributed by atoms with Gasteiger partial charge in [0, 0.05) is 25.7 Å². The average molecular weight is 343 g/mol. The highest BCUT2D eigenvalue weighted by Crippen LogP contribution is 2.40. The number of carbonyl (C=O) groups excluding carboxylic acids is 1. The minimum absolute atomic E-state index is 0.0363. The third kappa shape index (κ3) is 4.02. The van der Waals surface area contributed by atoms with Crippen LogP contribution in [0.25, 0.3) is 11.0 Å². The fourth-order valence-corrected chi connectivity index (χ4v) is 3.31. The Hall–Kier alpha value is -1.92. The summed E-state index contributed by atoms with van der Waals surface area (Å²) in [5, 5.41) is 3.00. The number of fused-ring (bicyclic) bond motifs is 1. The molecule has 25 heavy (non-hydrogen) atoms. The number of carbonyl (C=O) groups is 1. The summed E-state index contributed by atoms with van der Waals surface area (Å²) in [6, 6.07) is 8.05. The Morgan fingerprint density at radius 1 is 1.32 bits per heavy atom. The quantitative estimate of drug-likeness (QED) is 0.747. The molecular formula is C19H25N3O3. The lowest BCUT2D eigenvalue weighted by Gasteiger charge is -2.11. The van der Waals surface area contributed by atoms with Crippen LogP contribution in [-0.4, -0.2) is 47.9 Å². The van der Waals surface area contributed by atoms with Gasteiger partial charge in [0.1, 0.15) is 12.4 Å². The summed E-state index contributed by atoms with van der Waals surface area (Å²) in [4.78, 5) is 17.1. The lowest BCUT2D eigenvalue weighted by atomic mass is 10.3. The van der Waals surface area contributed by atoms with Crippen molar-refractivity contribution >= 4 is 16.9 Å². The average Bonchev–Trinajstić information content (AvgIpc) is 3.21. The van der Waals surface area contributed by atoms with Crippen molar-refractivity contribution in [3.8, 4) is 0 Å². The number of para-hydroxylation sites is 2. The molecule has 1 aliphatic heterocycles. The zero-order valence-corrected chi connectivity index (χ0v) is 14.4. The van der Waals surface area contributed by atoms with Gasteiger partial charge in [-0.3, -0.25) is 4.79 Å². The monoisotopic (exact) mass is 343 g/mol. The molecule has 0 radical (unpaired) electrons. The van der Waals surface area contributed by atoms with Gasteiger partial charge in [0.2, 0.25) is 5.91 Å². The number of amides is 1. The number of imidazole rings is 1. The summed E-state index contributed by atoms with van der Waals surface area (Å²) in [6.45, 7) is 3.13. The van der Waals surface area contributed by atoms with Crippen molar-refractivity contribution in [3.63, 3.8) is 0 Å². The van der Waals surface area contributed by atoms with Crippen molar-refractivity contribution in [2.45, 2.75) is 44.2 Å². The first-order chi connectivity index (χ1) is 12.3. The number of nitrogens with one attached hydrogen (secondary N) is 1. The molecule has 4 rings (SSSR count). The lowest BCUT2D eigenvalue weighted by Crippen LogP contribution is -2.29. The van der Waals surface area contributed by atoms with Crippen LogP contribution in [0.3, 0.4) is 0 Å². The second-order valence-corrected chi connectivity index (χ2v) is 6.88. The molecule has 2 fully saturated rings. The zero-order valence-electron chi connectivity index (χ0n) is 14.4. The number of nitrogens with zero attached hydrogens (tertiary/aromatic N) is 2. The van der Waals surface area contributed by atoms with Gasteiger partial charge in [-0.2, -0.15) is 0 Å². The topological polar surface area (TPSA) is 65.4 Å². The predicted molar refractivity (Wildman–Crippen MR) is 94.5 cm³/mol. The molecule has 6 heteroatoms. The lowest BCUT2D eigenvalue weighted by molar-refractivity contribution is -0.121. The molecule has 134 valence electrons. The molecule has 2 aliphatic rings. The van der Waals surface area contributed by atoms with E-state index in [1.54, 1.807) is 0 Å². The molecule has 1 N–H and O–H groups in total. The van der Waals surface area contributed by atoms with E-state index in [0.29, 0.717) is 32.2 Å². The van der Waals surface area contributed by atoms with Crippen molar-refractivity contribution in [1.82, 2.24) is 14.9 Å². The van der Waals surface area contributed by atoms with E-state index >= 15 is 0 Å². The maximum absolute atomic E-state index is 12.3. The van der Waals surface area contributed by atoms with Crippen LogP contribution in [0.4, 0.5) is 0 Å². The van der Waals surface area contributed by atoms with Crippen LogP contribution in [0.5, 0.6) is 0 Å². The molecule has 1 unspecified atom stereocenters. The third-order valence-electron chi connectivity index (χ3n) is 4.81. The molecule has 2 heterocycles. The van der Waals surface area contributed by atoms with Crippen molar-refractivity contribution in [2.75, 3.05) is 26.4 Å². The van der Waals surface area contributed by atoms with E-state index in [2.05, 4.69) is 9.88 Å². The maximum atomic E-state index is 12.3. The summed E-state index contributed by atoms with van der Waals surface area (Å²) in [5.74, 6) is 1.61. The van der Waals surface area contributed by atoms with Crippen LogP contribution in [0.15, 0.2) is 24.3 Å². The largest absolute Gasteiger partial charge is 0.379 e. The summed E-state index contributed by atoms with van der Waals surface area (Å²) in [6.07, 6.45) is 4.38. The minimum Gasteiger partial charge on any atom is -0.379 e. The van der Waals surface area contributed by atoms with Gasteiger partial charge in [0.05, 0.1) is 23.7 Å². The summed E-state index contributed by atoms with van der Waals surface area (Å²) in [7, 11) is 0. The van der Waals surface area contributed by atoms with Gasteiger partial charge in [-0.15, -0.1) is 0 Å². The van der Waals surface area contributed by atoms with Gasteiger partial charge in [-0.25, -0.2) is 4.98 Å². The van der Waals surface area contributed by atoms with E-state index in [-0.39, 0.29) is 12.0 Å².